The number of benzene rings is 2. The SMILES string of the molecule is Cc1cc(OCc2ccccc2C(C)C)cc(C(O)CN)c1. The fourth-order valence-corrected chi connectivity index (χ4v) is 2.58. The molecule has 2 rings (SSSR count). The number of nitrogens with two attached hydrogens (primary N) is 1. The molecule has 1 unspecified atom stereocenters. The Labute approximate surface area is 132 Å². The molecule has 0 aliphatic rings. The van der Waals surface area contributed by atoms with Gasteiger partial charge in [0, 0.05) is 6.54 Å². The second-order valence-electron chi connectivity index (χ2n) is 5.97. The first-order valence-corrected chi connectivity index (χ1v) is 7.71. The highest BCUT2D eigenvalue weighted by Crippen LogP contribution is 2.24. The van der Waals surface area contributed by atoms with Gasteiger partial charge in [0.05, 0.1) is 6.10 Å². The molecule has 2 aromatic carbocycles. The van der Waals surface area contributed by atoms with Crippen molar-refractivity contribution in [3.05, 3.63) is 64.7 Å². The number of rotatable bonds is 6. The molecule has 2 aromatic rings. The van der Waals surface area contributed by atoms with Crippen LogP contribution in [0, 0.1) is 6.92 Å². The number of hydrogen-bond donors (Lipinski definition) is 2. The van der Waals surface area contributed by atoms with E-state index in [0.29, 0.717) is 12.5 Å². The van der Waals surface area contributed by atoms with Gasteiger partial charge in [-0.15, -0.1) is 0 Å². The number of ether oxygens (including phenoxy) is 1. The third kappa shape index (κ3) is 4.09. The van der Waals surface area contributed by atoms with Gasteiger partial charge in [0.1, 0.15) is 12.4 Å². The quantitative estimate of drug-likeness (QED) is 0.855. The largest absolute Gasteiger partial charge is 0.489 e. The third-order valence-corrected chi connectivity index (χ3v) is 3.75. The van der Waals surface area contributed by atoms with Crippen LogP contribution in [0.3, 0.4) is 0 Å². The minimum Gasteiger partial charge on any atom is -0.489 e. The van der Waals surface area contributed by atoms with Crippen molar-refractivity contribution >= 4 is 0 Å². The lowest BCUT2D eigenvalue weighted by Crippen LogP contribution is -2.12. The molecule has 0 spiro atoms. The lowest BCUT2D eigenvalue weighted by Gasteiger charge is -2.15. The Morgan fingerprint density at radius 1 is 1.14 bits per heavy atom. The van der Waals surface area contributed by atoms with Crippen molar-refractivity contribution in [3.8, 4) is 5.75 Å². The van der Waals surface area contributed by atoms with E-state index in [2.05, 4.69) is 32.0 Å². The lowest BCUT2D eigenvalue weighted by molar-refractivity contribution is 0.186. The molecular weight excluding hydrogens is 274 g/mol. The molecule has 3 heteroatoms. The van der Waals surface area contributed by atoms with Crippen molar-refractivity contribution in [2.75, 3.05) is 6.54 Å². The van der Waals surface area contributed by atoms with Crippen LogP contribution < -0.4 is 10.5 Å². The summed E-state index contributed by atoms with van der Waals surface area (Å²) < 4.78 is 5.95. The van der Waals surface area contributed by atoms with E-state index >= 15 is 0 Å². The van der Waals surface area contributed by atoms with Crippen LogP contribution in [0.1, 0.15) is 48.1 Å². The molecule has 0 aliphatic heterocycles. The highest BCUT2D eigenvalue weighted by Gasteiger charge is 2.09. The molecule has 0 amide bonds. The van der Waals surface area contributed by atoms with Crippen LogP contribution in [-0.2, 0) is 6.61 Å². The molecule has 0 fully saturated rings. The standard InChI is InChI=1S/C19H25NO2/c1-13(2)18-7-5-4-6-15(18)12-22-17-9-14(3)8-16(10-17)19(21)11-20/h4-10,13,19,21H,11-12,20H2,1-3H3. The topological polar surface area (TPSA) is 55.5 Å². The van der Waals surface area contributed by atoms with Gasteiger partial charge >= 0.3 is 0 Å². The van der Waals surface area contributed by atoms with Gasteiger partial charge in [-0.25, -0.2) is 0 Å². The minimum atomic E-state index is -0.648. The maximum Gasteiger partial charge on any atom is 0.120 e. The van der Waals surface area contributed by atoms with Crippen LogP contribution >= 0.6 is 0 Å². The highest BCUT2D eigenvalue weighted by molar-refractivity contribution is 5.36. The summed E-state index contributed by atoms with van der Waals surface area (Å²) in [5.41, 5.74) is 9.88. The van der Waals surface area contributed by atoms with E-state index in [1.807, 2.05) is 31.2 Å². The second kappa shape index (κ2) is 7.43. The molecule has 0 aromatic heterocycles. The number of aryl methyl sites for hydroxylation is 1. The van der Waals surface area contributed by atoms with Crippen molar-refractivity contribution in [1.29, 1.82) is 0 Å². The van der Waals surface area contributed by atoms with Crippen molar-refractivity contribution in [3.63, 3.8) is 0 Å². The normalized spacial score (nSPS) is 12.5. The summed E-state index contributed by atoms with van der Waals surface area (Å²) in [6.07, 6.45) is -0.648. The molecule has 0 aliphatic carbocycles. The van der Waals surface area contributed by atoms with E-state index < -0.39 is 6.10 Å². The van der Waals surface area contributed by atoms with Gasteiger partial charge in [0.15, 0.2) is 0 Å². The Morgan fingerprint density at radius 3 is 2.55 bits per heavy atom. The van der Waals surface area contributed by atoms with Crippen LogP contribution in [0.25, 0.3) is 0 Å². The first kappa shape index (κ1) is 16.5. The Kier molecular flexibility index (Phi) is 5.58. The van der Waals surface area contributed by atoms with Gasteiger partial charge in [-0.2, -0.15) is 0 Å². The maximum absolute atomic E-state index is 9.90. The summed E-state index contributed by atoms with van der Waals surface area (Å²) in [4.78, 5) is 0. The van der Waals surface area contributed by atoms with Gasteiger partial charge in [-0.05, 0) is 47.2 Å². The van der Waals surface area contributed by atoms with Crippen LogP contribution in [0.5, 0.6) is 5.75 Å². The molecule has 3 N–H and O–H groups in total. The smallest absolute Gasteiger partial charge is 0.120 e. The molecule has 0 radical (unpaired) electrons. The van der Waals surface area contributed by atoms with E-state index in [-0.39, 0.29) is 6.54 Å². The van der Waals surface area contributed by atoms with Crippen molar-refractivity contribution < 1.29 is 9.84 Å². The summed E-state index contributed by atoms with van der Waals surface area (Å²) in [6.45, 7) is 7.08. The van der Waals surface area contributed by atoms with Gasteiger partial charge in [0.2, 0.25) is 0 Å². The summed E-state index contributed by atoms with van der Waals surface area (Å²) in [6, 6.07) is 14.1. The Morgan fingerprint density at radius 2 is 1.86 bits per heavy atom. The van der Waals surface area contributed by atoms with E-state index in [1.54, 1.807) is 0 Å². The molecule has 1 atom stereocenters. The molecule has 0 bridgehead atoms. The van der Waals surface area contributed by atoms with Crippen molar-refractivity contribution in [2.45, 2.75) is 39.4 Å². The summed E-state index contributed by atoms with van der Waals surface area (Å²) in [5, 5.41) is 9.90. The number of aliphatic hydroxyl groups excluding tert-OH is 1. The second-order valence-corrected chi connectivity index (χ2v) is 5.97. The third-order valence-electron chi connectivity index (χ3n) is 3.75. The number of aliphatic hydroxyl groups is 1. The molecule has 22 heavy (non-hydrogen) atoms. The molecule has 0 saturated heterocycles. The Balaban J connectivity index is 2.17. The monoisotopic (exact) mass is 299 g/mol. The predicted octanol–water partition coefficient (Wildman–Crippen LogP) is 3.69. The Hall–Kier alpha value is -1.84. The summed E-state index contributed by atoms with van der Waals surface area (Å²) >= 11 is 0. The lowest BCUT2D eigenvalue weighted by atomic mass is 9.98. The molecule has 0 saturated carbocycles. The van der Waals surface area contributed by atoms with Crippen LogP contribution in [0.4, 0.5) is 0 Å². The first-order valence-electron chi connectivity index (χ1n) is 7.71. The zero-order valence-corrected chi connectivity index (χ0v) is 13.5. The van der Waals surface area contributed by atoms with Crippen LogP contribution in [0.15, 0.2) is 42.5 Å². The zero-order chi connectivity index (χ0) is 16.1. The predicted molar refractivity (Wildman–Crippen MR) is 90.1 cm³/mol. The minimum absolute atomic E-state index is 0.207. The van der Waals surface area contributed by atoms with Gasteiger partial charge in [0.25, 0.3) is 0 Å². The Bertz CT molecular complexity index is 623. The van der Waals surface area contributed by atoms with E-state index in [0.717, 1.165) is 16.9 Å². The van der Waals surface area contributed by atoms with E-state index in [9.17, 15) is 5.11 Å². The van der Waals surface area contributed by atoms with E-state index in [4.69, 9.17) is 10.5 Å². The van der Waals surface area contributed by atoms with Crippen molar-refractivity contribution in [2.24, 2.45) is 5.73 Å². The molecule has 118 valence electrons. The number of hydrogen-bond acceptors (Lipinski definition) is 3. The average Bonchev–Trinajstić information content (AvgIpc) is 2.51. The molecule has 0 heterocycles. The van der Waals surface area contributed by atoms with Gasteiger partial charge < -0.3 is 15.6 Å². The fraction of sp³-hybridized carbons (Fsp3) is 0.368. The van der Waals surface area contributed by atoms with Crippen LogP contribution in [0.2, 0.25) is 0 Å². The van der Waals surface area contributed by atoms with Gasteiger partial charge in [-0.1, -0.05) is 44.2 Å². The highest BCUT2D eigenvalue weighted by atomic mass is 16.5. The maximum atomic E-state index is 9.90. The zero-order valence-electron chi connectivity index (χ0n) is 13.5. The van der Waals surface area contributed by atoms with Crippen molar-refractivity contribution in [1.82, 2.24) is 0 Å². The molecular formula is C19H25NO2. The fourth-order valence-electron chi connectivity index (χ4n) is 2.58. The summed E-state index contributed by atoms with van der Waals surface area (Å²) in [5.74, 6) is 1.23. The van der Waals surface area contributed by atoms with E-state index in [1.165, 1.54) is 11.1 Å². The average molecular weight is 299 g/mol. The van der Waals surface area contributed by atoms with Crippen LogP contribution in [-0.4, -0.2) is 11.7 Å². The van der Waals surface area contributed by atoms with Gasteiger partial charge in [-0.3, -0.25) is 0 Å². The first-order chi connectivity index (χ1) is 10.5. The summed E-state index contributed by atoms with van der Waals surface area (Å²) in [7, 11) is 0. The molecule has 3 nitrogen and oxygen atoms in total.